The molecule has 2 aromatic carbocycles. The lowest BCUT2D eigenvalue weighted by Crippen LogP contribution is -2.41. The molecule has 1 aliphatic rings. The van der Waals surface area contributed by atoms with Crippen molar-refractivity contribution in [1.82, 2.24) is 10.2 Å². The summed E-state index contributed by atoms with van der Waals surface area (Å²) in [6, 6.07) is 16.0. The zero-order valence-electron chi connectivity index (χ0n) is 17.8. The third-order valence-electron chi connectivity index (χ3n) is 5.64. The Balaban J connectivity index is 1.45. The summed E-state index contributed by atoms with van der Waals surface area (Å²) in [7, 11) is 3.13. The van der Waals surface area contributed by atoms with Gasteiger partial charge in [-0.2, -0.15) is 11.3 Å². The van der Waals surface area contributed by atoms with Crippen LogP contribution in [0, 0.1) is 0 Å². The minimum absolute atomic E-state index is 0.109. The van der Waals surface area contributed by atoms with Crippen molar-refractivity contribution < 1.29 is 14.3 Å². The molecule has 0 radical (unpaired) electrons. The number of ether oxygens (including phenoxy) is 2. The fourth-order valence-corrected chi connectivity index (χ4v) is 4.75. The van der Waals surface area contributed by atoms with Crippen molar-refractivity contribution in [3.63, 3.8) is 0 Å². The standard InChI is InChI=1S/C24H27N3O3S/c1-29-22-9-5-8-20(23(22)30-2)26-24(28)25-14-21(19-11-13-31-16-19)27-12-10-17-6-3-4-7-18(17)15-27/h3-9,11,13,16,21H,10,12,14-15H2,1-2H3,(H2,25,26,28)/t21-/m1/s1. The summed E-state index contributed by atoms with van der Waals surface area (Å²) in [6.45, 7) is 2.35. The quantitative estimate of drug-likeness (QED) is 0.563. The summed E-state index contributed by atoms with van der Waals surface area (Å²) in [4.78, 5) is 15.1. The summed E-state index contributed by atoms with van der Waals surface area (Å²) in [5, 5.41) is 10.2. The highest BCUT2D eigenvalue weighted by Crippen LogP contribution is 2.34. The summed E-state index contributed by atoms with van der Waals surface area (Å²) in [5.41, 5.74) is 4.57. The molecule has 1 aromatic heterocycles. The van der Waals surface area contributed by atoms with E-state index < -0.39 is 0 Å². The van der Waals surface area contributed by atoms with Crippen LogP contribution in [0.25, 0.3) is 0 Å². The first-order valence-corrected chi connectivity index (χ1v) is 11.2. The first-order chi connectivity index (χ1) is 15.2. The Morgan fingerprint density at radius 3 is 2.68 bits per heavy atom. The molecule has 0 bridgehead atoms. The molecule has 0 saturated heterocycles. The Morgan fingerprint density at radius 1 is 1.10 bits per heavy atom. The van der Waals surface area contributed by atoms with Crippen LogP contribution in [-0.4, -0.2) is 38.2 Å². The number of nitrogens with one attached hydrogen (secondary N) is 2. The Morgan fingerprint density at radius 2 is 1.94 bits per heavy atom. The molecular weight excluding hydrogens is 410 g/mol. The van der Waals surface area contributed by atoms with Gasteiger partial charge in [-0.3, -0.25) is 4.90 Å². The van der Waals surface area contributed by atoms with Gasteiger partial charge >= 0.3 is 6.03 Å². The lowest BCUT2D eigenvalue weighted by Gasteiger charge is -2.35. The van der Waals surface area contributed by atoms with Gasteiger partial charge in [0, 0.05) is 19.6 Å². The van der Waals surface area contributed by atoms with Gasteiger partial charge in [0.2, 0.25) is 0 Å². The fourth-order valence-electron chi connectivity index (χ4n) is 4.05. The molecule has 31 heavy (non-hydrogen) atoms. The van der Waals surface area contributed by atoms with E-state index in [0.717, 1.165) is 19.5 Å². The van der Waals surface area contributed by atoms with E-state index in [-0.39, 0.29) is 12.1 Å². The van der Waals surface area contributed by atoms with Crippen LogP contribution in [0.5, 0.6) is 11.5 Å². The molecule has 4 rings (SSSR count). The monoisotopic (exact) mass is 437 g/mol. The number of hydrogen-bond acceptors (Lipinski definition) is 5. The van der Waals surface area contributed by atoms with E-state index in [1.54, 1.807) is 37.7 Å². The molecule has 6 nitrogen and oxygen atoms in total. The Labute approximate surface area is 186 Å². The average molecular weight is 438 g/mol. The molecule has 1 aliphatic heterocycles. The van der Waals surface area contributed by atoms with Crippen molar-refractivity contribution in [2.45, 2.75) is 19.0 Å². The first kappa shape index (κ1) is 21.2. The first-order valence-electron chi connectivity index (χ1n) is 10.3. The number of methoxy groups -OCH3 is 2. The van der Waals surface area contributed by atoms with Crippen molar-refractivity contribution in [2.75, 3.05) is 32.6 Å². The van der Waals surface area contributed by atoms with Crippen LogP contribution in [0.4, 0.5) is 10.5 Å². The molecule has 2 amide bonds. The maximum Gasteiger partial charge on any atom is 0.319 e. The predicted octanol–water partition coefficient (Wildman–Crippen LogP) is 4.69. The number of carbonyl (C=O) groups is 1. The summed E-state index contributed by atoms with van der Waals surface area (Å²) < 4.78 is 10.7. The minimum Gasteiger partial charge on any atom is -0.493 e. The van der Waals surface area contributed by atoms with Crippen molar-refractivity contribution in [3.8, 4) is 11.5 Å². The second kappa shape index (κ2) is 9.85. The second-order valence-electron chi connectivity index (χ2n) is 7.44. The van der Waals surface area contributed by atoms with Crippen LogP contribution in [0.3, 0.4) is 0 Å². The Hall–Kier alpha value is -3.03. The molecule has 0 fully saturated rings. The molecule has 0 spiro atoms. The Kier molecular flexibility index (Phi) is 6.74. The van der Waals surface area contributed by atoms with Crippen LogP contribution in [-0.2, 0) is 13.0 Å². The van der Waals surface area contributed by atoms with Crippen molar-refractivity contribution in [2.24, 2.45) is 0 Å². The van der Waals surface area contributed by atoms with E-state index in [1.807, 2.05) is 6.07 Å². The maximum absolute atomic E-state index is 12.7. The minimum atomic E-state index is -0.274. The zero-order chi connectivity index (χ0) is 21.6. The summed E-state index contributed by atoms with van der Waals surface area (Å²) in [5.74, 6) is 1.07. The zero-order valence-corrected chi connectivity index (χ0v) is 18.6. The van der Waals surface area contributed by atoms with Gasteiger partial charge in [-0.05, 0) is 52.1 Å². The predicted molar refractivity (Wildman–Crippen MR) is 124 cm³/mol. The molecule has 0 unspecified atom stereocenters. The van der Waals surface area contributed by atoms with E-state index in [9.17, 15) is 4.79 Å². The number of thiophene rings is 1. The SMILES string of the molecule is COc1cccc(NC(=O)NC[C@H](c2ccsc2)N2CCc3ccccc3C2)c1OC. The molecule has 3 aromatic rings. The number of amides is 2. The molecule has 2 heterocycles. The maximum atomic E-state index is 12.7. The van der Waals surface area contributed by atoms with E-state index in [2.05, 4.69) is 56.6 Å². The van der Waals surface area contributed by atoms with Gasteiger partial charge in [-0.15, -0.1) is 0 Å². The van der Waals surface area contributed by atoms with Crippen LogP contribution >= 0.6 is 11.3 Å². The number of anilines is 1. The van der Waals surface area contributed by atoms with E-state index >= 15 is 0 Å². The molecule has 0 saturated carbocycles. The van der Waals surface area contributed by atoms with E-state index in [0.29, 0.717) is 23.7 Å². The third-order valence-corrected chi connectivity index (χ3v) is 6.34. The molecule has 162 valence electrons. The number of para-hydroxylation sites is 1. The highest BCUT2D eigenvalue weighted by molar-refractivity contribution is 7.08. The largest absolute Gasteiger partial charge is 0.493 e. The number of urea groups is 1. The van der Waals surface area contributed by atoms with Crippen molar-refractivity contribution >= 4 is 23.1 Å². The second-order valence-corrected chi connectivity index (χ2v) is 8.22. The normalized spacial score (nSPS) is 14.4. The third kappa shape index (κ3) is 4.84. The van der Waals surface area contributed by atoms with Gasteiger partial charge in [0.05, 0.1) is 25.9 Å². The average Bonchev–Trinajstić information content (AvgIpc) is 3.33. The van der Waals surface area contributed by atoms with Crippen LogP contribution in [0.2, 0.25) is 0 Å². The molecule has 7 heteroatoms. The molecular formula is C24H27N3O3S. The smallest absolute Gasteiger partial charge is 0.319 e. The highest BCUT2D eigenvalue weighted by Gasteiger charge is 2.25. The molecule has 0 aliphatic carbocycles. The number of hydrogen-bond donors (Lipinski definition) is 2. The van der Waals surface area contributed by atoms with Gasteiger partial charge in [-0.25, -0.2) is 4.79 Å². The lowest BCUT2D eigenvalue weighted by molar-refractivity contribution is 0.176. The van der Waals surface area contributed by atoms with Crippen LogP contribution in [0.1, 0.15) is 22.7 Å². The Bertz CT molecular complexity index is 1020. The number of nitrogens with zero attached hydrogens (tertiary/aromatic N) is 1. The van der Waals surface area contributed by atoms with E-state index in [4.69, 9.17) is 9.47 Å². The van der Waals surface area contributed by atoms with Gasteiger partial charge < -0.3 is 20.1 Å². The number of carbonyl (C=O) groups excluding carboxylic acids is 1. The summed E-state index contributed by atoms with van der Waals surface area (Å²) in [6.07, 6.45) is 1.02. The number of fused-ring (bicyclic) bond motifs is 1. The van der Waals surface area contributed by atoms with Gasteiger partial charge in [-0.1, -0.05) is 30.3 Å². The van der Waals surface area contributed by atoms with Gasteiger partial charge in [0.15, 0.2) is 11.5 Å². The molecule has 1 atom stereocenters. The molecule has 2 N–H and O–H groups in total. The van der Waals surface area contributed by atoms with Crippen LogP contribution < -0.4 is 20.1 Å². The fraction of sp³-hybridized carbons (Fsp3) is 0.292. The number of benzene rings is 2. The number of rotatable bonds is 7. The van der Waals surface area contributed by atoms with Crippen LogP contribution in [0.15, 0.2) is 59.3 Å². The van der Waals surface area contributed by atoms with Gasteiger partial charge in [0.1, 0.15) is 0 Å². The lowest BCUT2D eigenvalue weighted by atomic mass is 9.97. The van der Waals surface area contributed by atoms with Crippen molar-refractivity contribution in [3.05, 3.63) is 76.0 Å². The van der Waals surface area contributed by atoms with Crippen molar-refractivity contribution in [1.29, 1.82) is 0 Å². The van der Waals surface area contributed by atoms with Gasteiger partial charge in [0.25, 0.3) is 0 Å². The van der Waals surface area contributed by atoms with E-state index in [1.165, 1.54) is 16.7 Å². The summed E-state index contributed by atoms with van der Waals surface area (Å²) >= 11 is 1.68. The highest BCUT2D eigenvalue weighted by atomic mass is 32.1. The topological polar surface area (TPSA) is 62.8 Å².